The summed E-state index contributed by atoms with van der Waals surface area (Å²) in [5.41, 5.74) is -0.00583. The van der Waals surface area contributed by atoms with Crippen LogP contribution in [0, 0.1) is 5.82 Å². The molecular weight excluding hydrogens is 303 g/mol. The molecule has 96 valence electrons. The monoisotopic (exact) mass is 314 g/mol. The lowest BCUT2D eigenvalue weighted by Crippen LogP contribution is -2.38. The van der Waals surface area contributed by atoms with E-state index in [2.05, 4.69) is 26.6 Å². The lowest BCUT2D eigenvalue weighted by Gasteiger charge is -2.11. The summed E-state index contributed by atoms with van der Waals surface area (Å²) in [6.07, 6.45) is 1.17. The molecule has 6 heteroatoms. The van der Waals surface area contributed by atoms with Crippen LogP contribution in [0.4, 0.5) is 4.39 Å². The van der Waals surface area contributed by atoms with Gasteiger partial charge in [-0.3, -0.25) is 9.59 Å². The summed E-state index contributed by atoms with van der Waals surface area (Å²) in [5, 5.41) is 5.35. The number of hydrogen-bond acceptors (Lipinski definition) is 2. The van der Waals surface area contributed by atoms with Crippen LogP contribution in [-0.4, -0.2) is 24.4 Å². The van der Waals surface area contributed by atoms with Gasteiger partial charge in [0.05, 0.1) is 10.0 Å². The fourth-order valence-corrected chi connectivity index (χ4v) is 2.19. The quantitative estimate of drug-likeness (QED) is 0.890. The molecule has 0 radical (unpaired) electrons. The highest BCUT2D eigenvalue weighted by Crippen LogP contribution is 2.18. The lowest BCUT2D eigenvalue weighted by atomic mass is 10.2. The SMILES string of the molecule is O=C1CCC(CNC(=O)c2cccc(Br)c2F)N1. The standard InChI is InChI=1S/C12H12BrFN2O2/c13-9-3-1-2-8(11(9)14)12(18)15-6-7-4-5-10(17)16-7/h1-3,7H,4-6H2,(H,15,18)(H,16,17). The maximum Gasteiger partial charge on any atom is 0.254 e. The van der Waals surface area contributed by atoms with Crippen molar-refractivity contribution in [3.8, 4) is 0 Å². The molecule has 1 aliphatic heterocycles. The first-order chi connectivity index (χ1) is 8.58. The number of hydrogen-bond donors (Lipinski definition) is 2. The van der Waals surface area contributed by atoms with Crippen LogP contribution in [0.15, 0.2) is 22.7 Å². The van der Waals surface area contributed by atoms with Gasteiger partial charge in [-0.15, -0.1) is 0 Å². The van der Waals surface area contributed by atoms with E-state index in [0.29, 0.717) is 19.4 Å². The zero-order valence-corrected chi connectivity index (χ0v) is 11.1. The second kappa shape index (κ2) is 5.48. The van der Waals surface area contributed by atoms with Crippen LogP contribution < -0.4 is 10.6 Å². The molecule has 2 amide bonds. The van der Waals surface area contributed by atoms with E-state index in [0.717, 1.165) is 0 Å². The van der Waals surface area contributed by atoms with E-state index in [1.165, 1.54) is 12.1 Å². The first-order valence-corrected chi connectivity index (χ1v) is 6.39. The van der Waals surface area contributed by atoms with Crippen molar-refractivity contribution in [1.29, 1.82) is 0 Å². The zero-order valence-electron chi connectivity index (χ0n) is 9.50. The van der Waals surface area contributed by atoms with Crippen LogP contribution in [0.3, 0.4) is 0 Å². The van der Waals surface area contributed by atoms with Gasteiger partial charge in [-0.1, -0.05) is 6.07 Å². The van der Waals surface area contributed by atoms with Crippen molar-refractivity contribution in [3.05, 3.63) is 34.1 Å². The van der Waals surface area contributed by atoms with E-state index in [4.69, 9.17) is 0 Å². The van der Waals surface area contributed by atoms with Crippen molar-refractivity contribution < 1.29 is 14.0 Å². The molecule has 0 spiro atoms. The second-order valence-electron chi connectivity index (χ2n) is 4.11. The first-order valence-electron chi connectivity index (χ1n) is 5.59. The van der Waals surface area contributed by atoms with Gasteiger partial charge in [-0.05, 0) is 34.5 Å². The third kappa shape index (κ3) is 2.87. The highest BCUT2D eigenvalue weighted by Gasteiger charge is 2.22. The average molecular weight is 315 g/mol. The van der Waals surface area contributed by atoms with Gasteiger partial charge < -0.3 is 10.6 Å². The molecule has 1 aliphatic rings. The summed E-state index contributed by atoms with van der Waals surface area (Å²) in [7, 11) is 0. The van der Waals surface area contributed by atoms with Gasteiger partial charge in [-0.2, -0.15) is 0 Å². The molecular formula is C12H12BrFN2O2. The second-order valence-corrected chi connectivity index (χ2v) is 4.97. The van der Waals surface area contributed by atoms with Gasteiger partial charge in [0, 0.05) is 19.0 Å². The van der Waals surface area contributed by atoms with Crippen molar-refractivity contribution in [3.63, 3.8) is 0 Å². The molecule has 1 fully saturated rings. The first kappa shape index (κ1) is 13.0. The predicted molar refractivity (Wildman–Crippen MR) is 67.6 cm³/mol. The van der Waals surface area contributed by atoms with Gasteiger partial charge in [0.15, 0.2) is 0 Å². The molecule has 4 nitrogen and oxygen atoms in total. The van der Waals surface area contributed by atoms with Gasteiger partial charge in [0.25, 0.3) is 5.91 Å². The number of rotatable bonds is 3. The number of amides is 2. The number of nitrogens with one attached hydrogen (secondary N) is 2. The van der Waals surface area contributed by atoms with Crippen molar-refractivity contribution in [2.45, 2.75) is 18.9 Å². The zero-order chi connectivity index (χ0) is 13.1. The maximum absolute atomic E-state index is 13.6. The van der Waals surface area contributed by atoms with Gasteiger partial charge >= 0.3 is 0 Å². The van der Waals surface area contributed by atoms with E-state index in [9.17, 15) is 14.0 Å². The Kier molecular flexibility index (Phi) is 3.96. The van der Waals surface area contributed by atoms with Crippen molar-refractivity contribution in [2.75, 3.05) is 6.54 Å². The van der Waals surface area contributed by atoms with Crippen LogP contribution in [0.2, 0.25) is 0 Å². The van der Waals surface area contributed by atoms with Crippen LogP contribution in [-0.2, 0) is 4.79 Å². The summed E-state index contributed by atoms with van der Waals surface area (Å²) in [6.45, 7) is 0.316. The van der Waals surface area contributed by atoms with Crippen molar-refractivity contribution in [1.82, 2.24) is 10.6 Å². The Morgan fingerprint density at radius 2 is 2.33 bits per heavy atom. The van der Waals surface area contributed by atoms with Gasteiger partial charge in [0.1, 0.15) is 5.82 Å². The Labute approximate surface area is 112 Å². The fourth-order valence-electron chi connectivity index (χ4n) is 1.82. The smallest absolute Gasteiger partial charge is 0.254 e. The van der Waals surface area contributed by atoms with E-state index in [1.807, 2.05) is 0 Å². The van der Waals surface area contributed by atoms with E-state index in [1.54, 1.807) is 6.07 Å². The number of benzene rings is 1. The Bertz CT molecular complexity index is 493. The van der Waals surface area contributed by atoms with Gasteiger partial charge in [0.2, 0.25) is 5.91 Å². The van der Waals surface area contributed by atoms with Crippen molar-refractivity contribution >= 4 is 27.7 Å². The molecule has 1 aromatic carbocycles. The minimum absolute atomic E-state index is 0.00583. The summed E-state index contributed by atoms with van der Waals surface area (Å²) < 4.78 is 13.9. The molecule has 2 N–H and O–H groups in total. The third-order valence-electron chi connectivity index (χ3n) is 2.79. The van der Waals surface area contributed by atoms with Gasteiger partial charge in [-0.25, -0.2) is 4.39 Å². The summed E-state index contributed by atoms with van der Waals surface area (Å²) in [6, 6.07) is 4.49. The Balaban J connectivity index is 1.95. The van der Waals surface area contributed by atoms with Crippen LogP contribution in [0.5, 0.6) is 0 Å². The molecule has 1 saturated heterocycles. The van der Waals surface area contributed by atoms with Crippen LogP contribution in [0.25, 0.3) is 0 Å². The molecule has 18 heavy (non-hydrogen) atoms. The van der Waals surface area contributed by atoms with E-state index in [-0.39, 0.29) is 22.0 Å². The number of carbonyl (C=O) groups is 2. The van der Waals surface area contributed by atoms with Crippen molar-refractivity contribution in [2.24, 2.45) is 0 Å². The molecule has 0 bridgehead atoms. The normalized spacial score (nSPS) is 18.6. The summed E-state index contributed by atoms with van der Waals surface area (Å²) in [5.74, 6) is -1.07. The summed E-state index contributed by atoms with van der Waals surface area (Å²) in [4.78, 5) is 22.7. The average Bonchev–Trinajstić information content (AvgIpc) is 2.76. The summed E-state index contributed by atoms with van der Waals surface area (Å²) >= 11 is 3.03. The molecule has 1 aromatic rings. The Morgan fingerprint density at radius 1 is 1.56 bits per heavy atom. The Hall–Kier alpha value is -1.43. The highest BCUT2D eigenvalue weighted by atomic mass is 79.9. The minimum Gasteiger partial charge on any atom is -0.352 e. The molecule has 0 aliphatic carbocycles. The highest BCUT2D eigenvalue weighted by molar-refractivity contribution is 9.10. The van der Waals surface area contributed by atoms with E-state index < -0.39 is 11.7 Å². The third-order valence-corrected chi connectivity index (χ3v) is 3.40. The fraction of sp³-hybridized carbons (Fsp3) is 0.333. The lowest BCUT2D eigenvalue weighted by molar-refractivity contribution is -0.119. The molecule has 2 rings (SSSR count). The topological polar surface area (TPSA) is 58.2 Å². The molecule has 1 unspecified atom stereocenters. The van der Waals surface area contributed by atoms with E-state index >= 15 is 0 Å². The number of halogens is 2. The predicted octanol–water partition coefficient (Wildman–Crippen LogP) is 1.60. The molecule has 0 saturated carbocycles. The molecule has 1 atom stereocenters. The maximum atomic E-state index is 13.6. The molecule has 0 aromatic heterocycles. The largest absolute Gasteiger partial charge is 0.352 e. The minimum atomic E-state index is -0.578. The number of carbonyl (C=O) groups excluding carboxylic acids is 2. The molecule has 1 heterocycles. The van der Waals surface area contributed by atoms with Crippen LogP contribution >= 0.6 is 15.9 Å². The van der Waals surface area contributed by atoms with Crippen LogP contribution in [0.1, 0.15) is 23.2 Å². The Morgan fingerprint density at radius 3 is 3.00 bits per heavy atom.